The summed E-state index contributed by atoms with van der Waals surface area (Å²) in [5, 5.41) is 0. The molecular formula is C29H44O3P+. The summed E-state index contributed by atoms with van der Waals surface area (Å²) in [6.45, 7) is 26.5. The zero-order valence-corrected chi connectivity index (χ0v) is 23.7. The number of hydrogen-bond donors (Lipinski definition) is 1. The van der Waals surface area contributed by atoms with Crippen LogP contribution in [0.25, 0.3) is 0 Å². The highest BCUT2D eigenvalue weighted by Crippen LogP contribution is 2.67. The van der Waals surface area contributed by atoms with E-state index in [2.05, 4.69) is 107 Å². The van der Waals surface area contributed by atoms with Crippen molar-refractivity contribution in [3.8, 4) is 11.5 Å². The van der Waals surface area contributed by atoms with E-state index in [9.17, 15) is 4.89 Å². The lowest BCUT2D eigenvalue weighted by atomic mass is 9.75. The third kappa shape index (κ3) is 5.41. The van der Waals surface area contributed by atoms with Gasteiger partial charge in [0, 0.05) is 22.3 Å². The van der Waals surface area contributed by atoms with Gasteiger partial charge in [0.2, 0.25) is 0 Å². The average molecular weight is 472 g/mol. The summed E-state index contributed by atoms with van der Waals surface area (Å²) in [5.41, 5.74) is 5.26. The van der Waals surface area contributed by atoms with Gasteiger partial charge in [0.25, 0.3) is 0 Å². The molecule has 1 heterocycles. The topological polar surface area (TPSA) is 38.7 Å². The van der Waals surface area contributed by atoms with E-state index in [0.717, 1.165) is 33.8 Å². The summed E-state index contributed by atoms with van der Waals surface area (Å²) in [4.78, 5) is 11.7. The minimum atomic E-state index is -3.17. The standard InChI is InChI=1S/C29H44O3P/c1-26(2,3)20-16-22(28(7,8)9)25(23(17-20)29(10,11)12)32-33(30)18-19-14-13-15-21(24(19)31-33)27(4,5)6/h13-17,30H,18H2,1-12H3/q+1. The monoisotopic (exact) mass is 471 g/mol. The summed E-state index contributed by atoms with van der Waals surface area (Å²) in [6.07, 6.45) is 0.403. The molecule has 0 radical (unpaired) electrons. The number of rotatable bonds is 2. The highest BCUT2D eigenvalue weighted by Gasteiger charge is 2.53. The van der Waals surface area contributed by atoms with Gasteiger partial charge < -0.3 is 0 Å². The van der Waals surface area contributed by atoms with Crippen LogP contribution in [-0.2, 0) is 27.8 Å². The first-order valence-electron chi connectivity index (χ1n) is 12.0. The van der Waals surface area contributed by atoms with Crippen LogP contribution in [0.1, 0.15) is 111 Å². The van der Waals surface area contributed by atoms with E-state index < -0.39 is 7.94 Å². The van der Waals surface area contributed by atoms with Gasteiger partial charge in [-0.2, -0.15) is 4.89 Å². The van der Waals surface area contributed by atoms with E-state index in [1.165, 1.54) is 5.56 Å². The summed E-state index contributed by atoms with van der Waals surface area (Å²) in [5.74, 6) is 1.57. The summed E-state index contributed by atoms with van der Waals surface area (Å²) in [7, 11) is -3.17. The van der Waals surface area contributed by atoms with Crippen molar-refractivity contribution in [2.24, 2.45) is 0 Å². The van der Waals surface area contributed by atoms with E-state index in [4.69, 9.17) is 9.05 Å². The fraction of sp³-hybridized carbons (Fsp3) is 0.586. The van der Waals surface area contributed by atoms with Crippen molar-refractivity contribution in [1.82, 2.24) is 0 Å². The Labute approximate surface area is 202 Å². The van der Waals surface area contributed by atoms with Crippen LogP contribution in [0.2, 0.25) is 0 Å². The van der Waals surface area contributed by atoms with E-state index in [0.29, 0.717) is 6.16 Å². The second kappa shape index (κ2) is 7.99. The number of benzene rings is 2. The van der Waals surface area contributed by atoms with Crippen molar-refractivity contribution in [3.05, 3.63) is 58.1 Å². The van der Waals surface area contributed by atoms with Gasteiger partial charge in [-0.1, -0.05) is 113 Å². The molecule has 2 aromatic rings. The Kier molecular flexibility index (Phi) is 6.31. The number of para-hydroxylation sites is 1. The van der Waals surface area contributed by atoms with E-state index in [1.54, 1.807) is 0 Å². The van der Waals surface area contributed by atoms with Crippen LogP contribution in [0.5, 0.6) is 11.5 Å². The molecule has 1 aliphatic heterocycles. The molecule has 0 aromatic heterocycles. The Morgan fingerprint density at radius 3 is 1.64 bits per heavy atom. The second-order valence-corrected chi connectivity index (χ2v) is 15.6. The summed E-state index contributed by atoms with van der Waals surface area (Å²) < 4.78 is 13.0. The van der Waals surface area contributed by atoms with Crippen molar-refractivity contribution in [3.63, 3.8) is 0 Å². The molecule has 3 rings (SSSR count). The molecule has 1 aliphatic rings. The predicted octanol–water partition coefficient (Wildman–Crippen LogP) is 8.60. The zero-order valence-electron chi connectivity index (χ0n) is 22.8. The van der Waals surface area contributed by atoms with Crippen LogP contribution in [0.3, 0.4) is 0 Å². The maximum Gasteiger partial charge on any atom is 0.499 e. The molecule has 0 spiro atoms. The average Bonchev–Trinajstić information content (AvgIpc) is 2.93. The molecular weight excluding hydrogens is 427 g/mol. The van der Waals surface area contributed by atoms with Gasteiger partial charge in [0.05, 0.1) is 0 Å². The maximum atomic E-state index is 11.7. The Hall–Kier alpha value is -1.57. The van der Waals surface area contributed by atoms with Crippen molar-refractivity contribution >= 4 is 7.94 Å². The highest BCUT2D eigenvalue weighted by atomic mass is 31.2. The van der Waals surface area contributed by atoms with Crippen LogP contribution in [0.15, 0.2) is 30.3 Å². The van der Waals surface area contributed by atoms with Crippen LogP contribution in [0.4, 0.5) is 0 Å². The largest absolute Gasteiger partial charge is 0.499 e. The molecule has 2 aromatic carbocycles. The van der Waals surface area contributed by atoms with E-state index in [1.807, 2.05) is 6.07 Å². The second-order valence-electron chi connectivity index (χ2n) is 13.7. The molecule has 0 saturated heterocycles. The molecule has 0 amide bonds. The molecule has 3 nitrogen and oxygen atoms in total. The van der Waals surface area contributed by atoms with Gasteiger partial charge in [-0.3, -0.25) is 9.05 Å². The molecule has 1 unspecified atom stereocenters. The minimum absolute atomic E-state index is 0.00623. The molecule has 4 heteroatoms. The molecule has 182 valence electrons. The van der Waals surface area contributed by atoms with Crippen LogP contribution < -0.4 is 9.05 Å². The van der Waals surface area contributed by atoms with Gasteiger partial charge in [-0.05, 0) is 27.2 Å². The first-order valence-corrected chi connectivity index (χ1v) is 13.8. The van der Waals surface area contributed by atoms with Crippen LogP contribution >= 0.6 is 7.94 Å². The third-order valence-corrected chi connectivity index (χ3v) is 7.99. The summed E-state index contributed by atoms with van der Waals surface area (Å²) in [6, 6.07) is 10.7. The summed E-state index contributed by atoms with van der Waals surface area (Å²) >= 11 is 0. The lowest BCUT2D eigenvalue weighted by Gasteiger charge is -2.32. The van der Waals surface area contributed by atoms with Gasteiger partial charge in [0.1, 0.15) is 0 Å². The SMILES string of the molecule is CC(C)(C)c1cc(C(C)(C)C)c(O[P+]2(O)Cc3cccc(C(C)(C)C)c3O2)c(C(C)(C)C)c1. The Bertz CT molecular complexity index is 1010. The van der Waals surface area contributed by atoms with Crippen molar-refractivity contribution in [1.29, 1.82) is 0 Å². The van der Waals surface area contributed by atoms with Gasteiger partial charge in [0.15, 0.2) is 17.7 Å². The van der Waals surface area contributed by atoms with Crippen LogP contribution in [0, 0.1) is 0 Å². The Balaban J connectivity index is 2.17. The molecule has 0 fully saturated rings. The molecule has 0 bridgehead atoms. The lowest BCUT2D eigenvalue weighted by Crippen LogP contribution is -2.23. The highest BCUT2D eigenvalue weighted by molar-refractivity contribution is 7.61. The van der Waals surface area contributed by atoms with Gasteiger partial charge >= 0.3 is 7.94 Å². The lowest BCUT2D eigenvalue weighted by molar-refractivity contribution is 0.344. The predicted molar refractivity (Wildman–Crippen MR) is 142 cm³/mol. The van der Waals surface area contributed by atoms with E-state index >= 15 is 0 Å². The fourth-order valence-corrected chi connectivity index (χ4v) is 6.09. The fourth-order valence-electron chi connectivity index (χ4n) is 4.27. The van der Waals surface area contributed by atoms with Crippen LogP contribution in [-0.4, -0.2) is 4.89 Å². The normalized spacial score (nSPS) is 19.3. The first kappa shape index (κ1) is 26.0. The first-order chi connectivity index (χ1) is 14.7. The smallest absolute Gasteiger partial charge is 0.277 e. The number of hydrogen-bond acceptors (Lipinski definition) is 3. The molecule has 33 heavy (non-hydrogen) atoms. The van der Waals surface area contributed by atoms with Gasteiger partial charge in [-0.25, -0.2) is 0 Å². The quantitative estimate of drug-likeness (QED) is 0.446. The zero-order chi connectivity index (χ0) is 25.2. The number of fused-ring (bicyclic) bond motifs is 1. The Morgan fingerprint density at radius 2 is 1.21 bits per heavy atom. The van der Waals surface area contributed by atoms with Crippen molar-refractivity contribution in [2.45, 2.75) is 111 Å². The Morgan fingerprint density at radius 1 is 0.727 bits per heavy atom. The maximum absolute atomic E-state index is 11.7. The third-order valence-electron chi connectivity index (χ3n) is 6.31. The minimum Gasteiger partial charge on any atom is -0.277 e. The van der Waals surface area contributed by atoms with Crippen molar-refractivity contribution in [2.75, 3.05) is 0 Å². The molecule has 1 N–H and O–H groups in total. The van der Waals surface area contributed by atoms with Gasteiger partial charge in [-0.15, -0.1) is 0 Å². The van der Waals surface area contributed by atoms with E-state index in [-0.39, 0.29) is 21.7 Å². The molecule has 0 saturated carbocycles. The van der Waals surface area contributed by atoms with Crippen molar-refractivity contribution < 1.29 is 13.9 Å². The molecule has 1 atom stereocenters. The molecule has 0 aliphatic carbocycles.